The minimum absolute atomic E-state index is 0.0159. The fourth-order valence-electron chi connectivity index (χ4n) is 5.93. The van der Waals surface area contributed by atoms with Crippen LogP contribution in [0.3, 0.4) is 0 Å². The van der Waals surface area contributed by atoms with E-state index in [2.05, 4.69) is 5.32 Å². The number of halogens is 3. The summed E-state index contributed by atoms with van der Waals surface area (Å²) in [5.41, 5.74) is 2.43. The van der Waals surface area contributed by atoms with Crippen LogP contribution in [0.15, 0.2) is 102 Å². The smallest absolute Gasteiger partial charge is 0.264 e. The molecule has 1 aliphatic carbocycles. The minimum Gasteiger partial charge on any atom is -0.352 e. The Balaban J connectivity index is 1.59. The number of anilines is 1. The zero-order chi connectivity index (χ0) is 34.3. The average Bonchev–Trinajstić information content (AvgIpc) is 3.08. The van der Waals surface area contributed by atoms with Crippen LogP contribution in [0.5, 0.6) is 0 Å². The van der Waals surface area contributed by atoms with Crippen LogP contribution in [-0.4, -0.2) is 43.8 Å². The highest BCUT2D eigenvalue weighted by Gasteiger charge is 2.36. The van der Waals surface area contributed by atoms with Gasteiger partial charge < -0.3 is 10.2 Å². The lowest BCUT2D eigenvalue weighted by Crippen LogP contribution is -2.55. The number of carbonyl (C=O) groups excluding carboxylic acids is 2. The topological polar surface area (TPSA) is 86.8 Å². The lowest BCUT2D eigenvalue weighted by Gasteiger charge is -2.35. The van der Waals surface area contributed by atoms with Crippen LogP contribution in [-0.2, 0) is 32.6 Å². The Bertz CT molecular complexity index is 1800. The summed E-state index contributed by atoms with van der Waals surface area (Å²) < 4.78 is 29.5. The van der Waals surface area contributed by atoms with Crippen molar-refractivity contribution in [1.82, 2.24) is 10.2 Å². The highest BCUT2D eigenvalue weighted by atomic mass is 35.5. The first kappa shape index (κ1) is 35.7. The molecule has 1 atom stereocenters. The number of aryl methyl sites for hydroxylation is 1. The fourth-order valence-corrected chi connectivity index (χ4v) is 7.98. The SMILES string of the molecule is Cc1ccc(S(=O)(=O)N(CC(=O)N(Cc2c(Cl)cccc2Cl)[C@H](Cc2ccccc2)C(=O)NC2CCCCC2)c2ccc(Cl)cc2)cc1. The summed E-state index contributed by atoms with van der Waals surface area (Å²) in [7, 11) is -4.24. The zero-order valence-electron chi connectivity index (χ0n) is 26.6. The molecule has 0 radical (unpaired) electrons. The predicted octanol–water partition coefficient (Wildman–Crippen LogP) is 8.24. The van der Waals surface area contributed by atoms with Gasteiger partial charge in [-0.15, -0.1) is 0 Å². The Kier molecular flexibility index (Phi) is 12.1. The molecule has 0 bridgehead atoms. The summed E-state index contributed by atoms with van der Waals surface area (Å²) >= 11 is 19.4. The van der Waals surface area contributed by atoms with Crippen LogP contribution in [0.1, 0.15) is 48.8 Å². The largest absolute Gasteiger partial charge is 0.352 e. The molecule has 1 fully saturated rings. The van der Waals surface area contributed by atoms with Gasteiger partial charge in [-0.25, -0.2) is 8.42 Å². The average molecular weight is 727 g/mol. The van der Waals surface area contributed by atoms with E-state index >= 15 is 0 Å². The van der Waals surface area contributed by atoms with Crippen molar-refractivity contribution >= 4 is 62.3 Å². The third-order valence-corrected chi connectivity index (χ3v) is 11.4. The third kappa shape index (κ3) is 8.91. The molecule has 0 heterocycles. The first-order chi connectivity index (χ1) is 23.0. The molecule has 11 heteroatoms. The molecule has 48 heavy (non-hydrogen) atoms. The highest BCUT2D eigenvalue weighted by Crippen LogP contribution is 2.30. The Morgan fingerprint density at radius 3 is 2.06 bits per heavy atom. The monoisotopic (exact) mass is 725 g/mol. The Labute approximate surface area is 297 Å². The normalized spacial score (nSPS) is 14.2. The molecular formula is C37H38Cl3N3O4S. The van der Waals surface area contributed by atoms with Crippen molar-refractivity contribution in [2.75, 3.05) is 10.8 Å². The maximum atomic E-state index is 14.7. The molecule has 7 nitrogen and oxygen atoms in total. The molecule has 252 valence electrons. The summed E-state index contributed by atoms with van der Waals surface area (Å²) in [6, 6.07) is 26.1. The predicted molar refractivity (Wildman–Crippen MR) is 193 cm³/mol. The zero-order valence-corrected chi connectivity index (χ0v) is 29.7. The summed E-state index contributed by atoms with van der Waals surface area (Å²) in [6.45, 7) is 1.15. The van der Waals surface area contributed by atoms with Crippen molar-refractivity contribution in [3.05, 3.63) is 129 Å². The molecule has 1 saturated carbocycles. The van der Waals surface area contributed by atoms with Gasteiger partial charge in [-0.3, -0.25) is 13.9 Å². The number of rotatable bonds is 12. The number of hydrogen-bond donors (Lipinski definition) is 1. The van der Waals surface area contributed by atoms with Gasteiger partial charge in [0.05, 0.1) is 10.6 Å². The minimum atomic E-state index is -4.24. The third-order valence-electron chi connectivity index (χ3n) is 8.62. The van der Waals surface area contributed by atoms with Gasteiger partial charge in [0, 0.05) is 39.6 Å². The van der Waals surface area contributed by atoms with Crippen molar-refractivity contribution < 1.29 is 18.0 Å². The number of sulfonamides is 1. The van der Waals surface area contributed by atoms with Gasteiger partial charge in [0.1, 0.15) is 12.6 Å². The maximum absolute atomic E-state index is 14.7. The van der Waals surface area contributed by atoms with E-state index in [4.69, 9.17) is 34.8 Å². The second kappa shape index (κ2) is 16.2. The van der Waals surface area contributed by atoms with E-state index in [1.54, 1.807) is 54.6 Å². The fraction of sp³-hybridized carbons (Fsp3) is 0.297. The molecule has 0 aliphatic heterocycles. The lowest BCUT2D eigenvalue weighted by atomic mass is 9.94. The van der Waals surface area contributed by atoms with Crippen molar-refractivity contribution in [2.45, 2.75) is 69.0 Å². The summed E-state index contributed by atoms with van der Waals surface area (Å²) in [5.74, 6) is -0.918. The van der Waals surface area contributed by atoms with E-state index in [0.717, 1.165) is 47.5 Å². The number of hydrogen-bond acceptors (Lipinski definition) is 4. The van der Waals surface area contributed by atoms with E-state index in [9.17, 15) is 18.0 Å². The molecule has 4 aromatic carbocycles. The van der Waals surface area contributed by atoms with Crippen LogP contribution in [0.2, 0.25) is 15.1 Å². The molecular weight excluding hydrogens is 689 g/mol. The maximum Gasteiger partial charge on any atom is 0.264 e. The first-order valence-electron chi connectivity index (χ1n) is 15.9. The molecule has 0 saturated heterocycles. The number of amides is 2. The Morgan fingerprint density at radius 2 is 1.44 bits per heavy atom. The quantitative estimate of drug-likeness (QED) is 0.159. The van der Waals surface area contributed by atoms with Gasteiger partial charge >= 0.3 is 0 Å². The van der Waals surface area contributed by atoms with E-state index in [-0.39, 0.29) is 35.5 Å². The van der Waals surface area contributed by atoms with Crippen molar-refractivity contribution in [3.8, 4) is 0 Å². The molecule has 0 spiro atoms. The second-order valence-electron chi connectivity index (χ2n) is 12.1. The molecule has 5 rings (SSSR count). The standard InChI is InChI=1S/C37H38Cl3N3O4S/c1-26-15-21-31(22-16-26)48(46,47)43(30-19-17-28(38)18-20-30)25-36(44)42(24-32-33(39)13-8-14-34(32)40)35(23-27-9-4-2-5-10-27)37(45)41-29-11-6-3-7-12-29/h2,4-5,8-10,13-22,29,35H,3,6-7,11-12,23-25H2,1H3,(H,41,45)/t35-/m1/s1. The molecule has 2 amide bonds. The first-order valence-corrected chi connectivity index (χ1v) is 18.5. The van der Waals surface area contributed by atoms with Gasteiger partial charge in [-0.05, 0) is 73.9 Å². The summed E-state index contributed by atoms with van der Waals surface area (Å²) in [4.78, 5) is 30.4. The van der Waals surface area contributed by atoms with Gasteiger partial charge in [-0.2, -0.15) is 0 Å². The van der Waals surface area contributed by atoms with Gasteiger partial charge in [0.2, 0.25) is 11.8 Å². The van der Waals surface area contributed by atoms with Gasteiger partial charge in [0.15, 0.2) is 0 Å². The Hall–Kier alpha value is -3.56. The lowest BCUT2D eigenvalue weighted by molar-refractivity contribution is -0.140. The second-order valence-corrected chi connectivity index (χ2v) is 15.2. The number of nitrogens with zero attached hydrogens (tertiary/aromatic N) is 2. The van der Waals surface area contributed by atoms with Crippen LogP contribution in [0, 0.1) is 6.92 Å². The van der Waals surface area contributed by atoms with Crippen molar-refractivity contribution in [3.63, 3.8) is 0 Å². The van der Waals surface area contributed by atoms with Crippen LogP contribution in [0.4, 0.5) is 5.69 Å². The summed E-state index contributed by atoms with van der Waals surface area (Å²) in [5, 5.41) is 4.26. The van der Waals surface area contributed by atoms with Crippen molar-refractivity contribution in [1.29, 1.82) is 0 Å². The van der Waals surface area contributed by atoms with Crippen molar-refractivity contribution in [2.24, 2.45) is 0 Å². The summed E-state index contributed by atoms with van der Waals surface area (Å²) in [6.07, 6.45) is 5.04. The van der Waals surface area contributed by atoms with Crippen LogP contribution < -0.4 is 9.62 Å². The molecule has 1 aliphatic rings. The highest BCUT2D eigenvalue weighted by molar-refractivity contribution is 7.92. The van der Waals surface area contributed by atoms with E-state index < -0.39 is 28.5 Å². The van der Waals surface area contributed by atoms with E-state index in [1.807, 2.05) is 37.3 Å². The van der Waals surface area contributed by atoms with E-state index in [0.29, 0.717) is 20.6 Å². The number of benzene rings is 4. The molecule has 4 aromatic rings. The van der Waals surface area contributed by atoms with Gasteiger partial charge in [-0.1, -0.05) is 108 Å². The van der Waals surface area contributed by atoms with Crippen LogP contribution >= 0.6 is 34.8 Å². The molecule has 1 N–H and O–H groups in total. The molecule has 0 aromatic heterocycles. The number of nitrogens with one attached hydrogen (secondary N) is 1. The van der Waals surface area contributed by atoms with Crippen LogP contribution in [0.25, 0.3) is 0 Å². The van der Waals surface area contributed by atoms with Gasteiger partial charge in [0.25, 0.3) is 10.0 Å². The number of carbonyl (C=O) groups is 2. The van der Waals surface area contributed by atoms with E-state index in [1.165, 1.54) is 17.0 Å². The molecule has 0 unspecified atom stereocenters. The Morgan fingerprint density at radius 1 is 0.812 bits per heavy atom.